The number of allylic oxidation sites excluding steroid dienone is 3. The Bertz CT molecular complexity index is 935. The monoisotopic (exact) mass is 846 g/mol. The molecule has 0 aromatic rings. The van der Waals surface area contributed by atoms with Crippen molar-refractivity contribution in [1.82, 2.24) is 5.32 Å². The van der Waals surface area contributed by atoms with Crippen molar-refractivity contribution in [2.24, 2.45) is 0 Å². The van der Waals surface area contributed by atoms with Gasteiger partial charge in [-0.3, -0.25) is 9.59 Å². The van der Waals surface area contributed by atoms with Crippen LogP contribution in [0, 0.1) is 0 Å². The molecule has 0 aliphatic rings. The molecule has 60 heavy (non-hydrogen) atoms. The number of rotatable bonds is 49. The first kappa shape index (κ1) is 58.3. The minimum atomic E-state index is -0.866. The molecule has 354 valence electrons. The Morgan fingerprint density at radius 3 is 1.18 bits per heavy atom. The van der Waals surface area contributed by atoms with Gasteiger partial charge in [-0.1, -0.05) is 237 Å². The highest BCUT2D eigenvalue weighted by Crippen LogP contribution is 2.16. The van der Waals surface area contributed by atoms with Crippen LogP contribution >= 0.6 is 0 Å². The van der Waals surface area contributed by atoms with Crippen LogP contribution in [-0.2, 0) is 14.3 Å². The number of aliphatic hydroxyl groups excluding tert-OH is 2. The summed E-state index contributed by atoms with van der Waals surface area (Å²) in [5, 5.41) is 23.1. The van der Waals surface area contributed by atoms with E-state index in [0.29, 0.717) is 19.4 Å². The molecule has 0 heterocycles. The maximum Gasteiger partial charge on any atom is 0.305 e. The molecule has 0 aliphatic carbocycles. The van der Waals surface area contributed by atoms with Gasteiger partial charge >= 0.3 is 5.97 Å². The van der Waals surface area contributed by atoms with E-state index in [2.05, 4.69) is 31.3 Å². The van der Waals surface area contributed by atoms with Crippen molar-refractivity contribution in [3.63, 3.8) is 0 Å². The Labute approximate surface area is 373 Å². The van der Waals surface area contributed by atoms with Gasteiger partial charge in [0.1, 0.15) is 0 Å². The second kappa shape index (κ2) is 50.0. The standard InChI is InChI=1S/C54H103NO5/c1-3-5-7-9-11-13-15-17-18-19-20-21-22-23-25-26-30-34-38-42-46-52(57)51(50-56)55-53(58)47-43-39-35-31-28-29-33-37-41-45-49-60-54(59)48-44-40-36-32-27-24-16-14-12-10-8-6-4-2/h29,33,42,46,51-52,56-57H,3-28,30-32,34-41,43-45,47-50H2,1-2H3,(H,55,58)/b33-29-,46-42+. The van der Waals surface area contributed by atoms with E-state index >= 15 is 0 Å². The fourth-order valence-electron chi connectivity index (χ4n) is 8.10. The third-order valence-corrected chi connectivity index (χ3v) is 12.2. The highest BCUT2D eigenvalue weighted by molar-refractivity contribution is 5.76. The predicted octanol–water partition coefficient (Wildman–Crippen LogP) is 15.9. The maximum atomic E-state index is 12.4. The molecule has 0 aliphatic heterocycles. The van der Waals surface area contributed by atoms with Crippen molar-refractivity contribution < 1.29 is 24.5 Å². The molecule has 6 nitrogen and oxygen atoms in total. The van der Waals surface area contributed by atoms with Crippen molar-refractivity contribution in [1.29, 1.82) is 0 Å². The minimum Gasteiger partial charge on any atom is -0.466 e. The normalized spacial score (nSPS) is 12.8. The molecular weight excluding hydrogens is 743 g/mol. The average Bonchev–Trinajstić information content (AvgIpc) is 3.25. The van der Waals surface area contributed by atoms with Gasteiger partial charge in [-0.05, 0) is 57.8 Å². The van der Waals surface area contributed by atoms with Gasteiger partial charge in [0.25, 0.3) is 0 Å². The largest absolute Gasteiger partial charge is 0.466 e. The van der Waals surface area contributed by atoms with Crippen molar-refractivity contribution in [2.75, 3.05) is 13.2 Å². The summed E-state index contributed by atoms with van der Waals surface area (Å²) in [5.41, 5.74) is 0. The molecule has 0 spiro atoms. The molecule has 6 heteroatoms. The van der Waals surface area contributed by atoms with Crippen LogP contribution < -0.4 is 5.32 Å². The van der Waals surface area contributed by atoms with Crippen LogP contribution in [0.25, 0.3) is 0 Å². The van der Waals surface area contributed by atoms with E-state index in [-0.39, 0.29) is 18.5 Å². The summed E-state index contributed by atoms with van der Waals surface area (Å²) >= 11 is 0. The molecule has 0 rings (SSSR count). The highest BCUT2D eigenvalue weighted by Gasteiger charge is 2.18. The molecule has 2 atom stereocenters. The molecule has 1 amide bonds. The van der Waals surface area contributed by atoms with Gasteiger partial charge in [0.2, 0.25) is 5.91 Å². The molecule has 0 saturated carbocycles. The van der Waals surface area contributed by atoms with Gasteiger partial charge in [-0.25, -0.2) is 0 Å². The second-order valence-electron chi connectivity index (χ2n) is 18.2. The summed E-state index contributed by atoms with van der Waals surface area (Å²) in [4.78, 5) is 24.4. The zero-order valence-electron chi connectivity index (χ0n) is 40.2. The van der Waals surface area contributed by atoms with Gasteiger partial charge in [-0.2, -0.15) is 0 Å². The number of carbonyl (C=O) groups is 2. The zero-order valence-corrected chi connectivity index (χ0v) is 40.2. The number of unbranched alkanes of at least 4 members (excludes halogenated alkanes) is 36. The van der Waals surface area contributed by atoms with E-state index in [0.717, 1.165) is 77.0 Å². The van der Waals surface area contributed by atoms with Crippen LogP contribution in [0.3, 0.4) is 0 Å². The number of nitrogens with one attached hydrogen (secondary N) is 1. The number of amides is 1. The van der Waals surface area contributed by atoms with Crippen LogP contribution in [0.1, 0.15) is 284 Å². The van der Waals surface area contributed by atoms with Crippen molar-refractivity contribution in [3.8, 4) is 0 Å². The number of aliphatic hydroxyl groups is 2. The minimum absolute atomic E-state index is 0.0367. The topological polar surface area (TPSA) is 95.9 Å². The summed E-state index contributed by atoms with van der Waals surface area (Å²) < 4.78 is 5.43. The highest BCUT2D eigenvalue weighted by atomic mass is 16.5. The summed E-state index contributed by atoms with van der Waals surface area (Å²) in [6.45, 7) is 4.82. The number of ether oxygens (including phenoxy) is 1. The Balaban J connectivity index is 3.56. The van der Waals surface area contributed by atoms with E-state index in [4.69, 9.17) is 4.74 Å². The third-order valence-electron chi connectivity index (χ3n) is 12.2. The molecule has 3 N–H and O–H groups in total. The van der Waals surface area contributed by atoms with E-state index < -0.39 is 12.1 Å². The lowest BCUT2D eigenvalue weighted by molar-refractivity contribution is -0.143. The fourth-order valence-corrected chi connectivity index (χ4v) is 8.10. The first-order valence-electron chi connectivity index (χ1n) is 26.6. The Morgan fingerprint density at radius 2 is 0.783 bits per heavy atom. The summed E-state index contributed by atoms with van der Waals surface area (Å²) in [6, 6.07) is -0.653. The smallest absolute Gasteiger partial charge is 0.305 e. The Kier molecular flexibility index (Phi) is 48.6. The van der Waals surface area contributed by atoms with Crippen LogP contribution in [0.15, 0.2) is 24.3 Å². The number of hydrogen-bond donors (Lipinski definition) is 3. The zero-order chi connectivity index (χ0) is 43.7. The van der Waals surface area contributed by atoms with Crippen molar-refractivity contribution in [3.05, 3.63) is 24.3 Å². The van der Waals surface area contributed by atoms with Gasteiger partial charge in [0.05, 0.1) is 25.4 Å². The number of esters is 1. The number of hydrogen-bond acceptors (Lipinski definition) is 5. The summed E-state index contributed by atoms with van der Waals surface area (Å²) in [7, 11) is 0. The summed E-state index contributed by atoms with van der Waals surface area (Å²) in [6.07, 6.45) is 59.0. The molecule has 0 radical (unpaired) electrons. The molecule has 0 aromatic heterocycles. The van der Waals surface area contributed by atoms with Crippen LogP contribution in [0.4, 0.5) is 0 Å². The maximum absolute atomic E-state index is 12.4. The molecule has 0 aromatic carbocycles. The lowest BCUT2D eigenvalue weighted by atomic mass is 10.0. The van der Waals surface area contributed by atoms with E-state index in [9.17, 15) is 19.8 Å². The van der Waals surface area contributed by atoms with Crippen LogP contribution in [0.2, 0.25) is 0 Å². The molecular formula is C54H103NO5. The molecule has 0 bridgehead atoms. The quantitative estimate of drug-likeness (QED) is 0.0322. The lowest BCUT2D eigenvalue weighted by Crippen LogP contribution is -2.45. The summed E-state index contributed by atoms with van der Waals surface area (Å²) in [5.74, 6) is -0.138. The lowest BCUT2D eigenvalue weighted by Gasteiger charge is -2.20. The van der Waals surface area contributed by atoms with Gasteiger partial charge in [-0.15, -0.1) is 0 Å². The first-order chi connectivity index (χ1) is 29.5. The van der Waals surface area contributed by atoms with Gasteiger partial charge < -0.3 is 20.3 Å². The fraction of sp³-hybridized carbons (Fsp3) is 0.889. The van der Waals surface area contributed by atoms with Crippen LogP contribution in [0.5, 0.6) is 0 Å². The first-order valence-corrected chi connectivity index (χ1v) is 26.6. The molecule has 0 saturated heterocycles. The van der Waals surface area contributed by atoms with Gasteiger partial charge in [0, 0.05) is 12.8 Å². The Morgan fingerprint density at radius 1 is 0.450 bits per heavy atom. The van der Waals surface area contributed by atoms with Gasteiger partial charge in [0.15, 0.2) is 0 Å². The molecule has 2 unspecified atom stereocenters. The number of carbonyl (C=O) groups excluding carboxylic acids is 2. The van der Waals surface area contributed by atoms with Crippen molar-refractivity contribution >= 4 is 11.9 Å². The third kappa shape index (κ3) is 45.9. The molecule has 0 fully saturated rings. The second-order valence-corrected chi connectivity index (χ2v) is 18.2. The SMILES string of the molecule is CCCCCCCCCCCCCCCCCCCC/C=C/C(O)C(CO)NC(=O)CCCCCC/C=C\CCCCOC(=O)CCCCCCCCCCCCCCC. The van der Waals surface area contributed by atoms with E-state index in [1.807, 2.05) is 6.08 Å². The Hall–Kier alpha value is -1.66. The van der Waals surface area contributed by atoms with Crippen LogP contribution in [-0.4, -0.2) is 47.4 Å². The van der Waals surface area contributed by atoms with Crippen molar-refractivity contribution in [2.45, 2.75) is 296 Å². The van der Waals surface area contributed by atoms with E-state index in [1.54, 1.807) is 6.08 Å². The average molecular weight is 846 g/mol. The predicted molar refractivity (Wildman–Crippen MR) is 260 cm³/mol. The van der Waals surface area contributed by atoms with E-state index in [1.165, 1.54) is 180 Å².